The lowest BCUT2D eigenvalue weighted by Crippen LogP contribution is -2.37. The maximum absolute atomic E-state index is 10.9. The zero-order valence-electron chi connectivity index (χ0n) is 18.7. The molecule has 4 heterocycles. The van der Waals surface area contributed by atoms with Crippen molar-refractivity contribution < 1.29 is 9.53 Å². The Morgan fingerprint density at radius 1 is 1.09 bits per heavy atom. The Hall–Kier alpha value is -3.85. The van der Waals surface area contributed by atoms with Crippen LogP contribution in [0.2, 0.25) is 0 Å². The van der Waals surface area contributed by atoms with Crippen molar-refractivity contribution in [1.82, 2.24) is 24.7 Å². The Kier molecular flexibility index (Phi) is 5.38. The minimum absolute atomic E-state index is 0.387. The number of aldehydes is 1. The summed E-state index contributed by atoms with van der Waals surface area (Å²) in [5.41, 5.74) is 3.96. The fourth-order valence-electron chi connectivity index (χ4n) is 4.14. The first-order chi connectivity index (χ1) is 16.7. The zero-order valence-corrected chi connectivity index (χ0v) is 18.7. The molecular weight excluding hydrogens is 430 g/mol. The van der Waals surface area contributed by atoms with Crippen LogP contribution >= 0.6 is 0 Å². The van der Waals surface area contributed by atoms with Crippen LogP contribution in [0.5, 0.6) is 0 Å². The number of morpholine rings is 1. The van der Waals surface area contributed by atoms with Crippen molar-refractivity contribution in [2.75, 3.05) is 36.5 Å². The maximum Gasteiger partial charge on any atom is 0.228 e. The van der Waals surface area contributed by atoms with Gasteiger partial charge in [-0.2, -0.15) is 10.1 Å². The molecule has 0 spiro atoms. The molecule has 6 rings (SSSR count). The molecule has 0 bridgehead atoms. The van der Waals surface area contributed by atoms with E-state index in [9.17, 15) is 4.79 Å². The molecule has 9 heteroatoms. The van der Waals surface area contributed by atoms with Crippen molar-refractivity contribution in [3.05, 3.63) is 54.5 Å². The summed E-state index contributed by atoms with van der Waals surface area (Å²) >= 11 is 0. The first-order valence-corrected chi connectivity index (χ1v) is 11.6. The number of rotatable bonds is 7. The van der Waals surface area contributed by atoms with Crippen LogP contribution in [0.4, 0.5) is 17.5 Å². The zero-order chi connectivity index (χ0) is 22.9. The van der Waals surface area contributed by atoms with Crippen LogP contribution in [-0.2, 0) is 11.3 Å². The molecule has 0 amide bonds. The third-order valence-corrected chi connectivity index (χ3v) is 6.18. The number of carbonyl (C=O) groups is 1. The van der Waals surface area contributed by atoms with Gasteiger partial charge in [0.15, 0.2) is 6.29 Å². The van der Waals surface area contributed by atoms with E-state index in [-0.39, 0.29) is 0 Å². The van der Waals surface area contributed by atoms with E-state index in [0.717, 1.165) is 59.7 Å². The first-order valence-electron chi connectivity index (χ1n) is 11.6. The van der Waals surface area contributed by atoms with E-state index < -0.39 is 0 Å². The fourth-order valence-corrected chi connectivity index (χ4v) is 4.14. The van der Waals surface area contributed by atoms with Gasteiger partial charge in [0, 0.05) is 42.8 Å². The number of anilines is 3. The molecule has 1 aliphatic heterocycles. The summed E-state index contributed by atoms with van der Waals surface area (Å²) in [6, 6.07) is 11.7. The SMILES string of the molecule is O=Cc1ccc(Nc2cc(-c3ccc4nn(CC5CC5)cc4c3)nc(N3CCOCC3)n2)cn1. The van der Waals surface area contributed by atoms with Crippen LogP contribution in [0.25, 0.3) is 22.2 Å². The molecule has 4 aromatic rings. The van der Waals surface area contributed by atoms with E-state index in [1.807, 2.05) is 12.1 Å². The van der Waals surface area contributed by atoms with Gasteiger partial charge in [-0.3, -0.25) is 14.5 Å². The smallest absolute Gasteiger partial charge is 0.228 e. The Morgan fingerprint density at radius 2 is 1.97 bits per heavy atom. The lowest BCUT2D eigenvalue weighted by Gasteiger charge is -2.27. The Morgan fingerprint density at radius 3 is 2.74 bits per heavy atom. The Labute approximate surface area is 196 Å². The number of aromatic nitrogens is 5. The number of nitrogens with zero attached hydrogens (tertiary/aromatic N) is 6. The number of benzene rings is 1. The standard InChI is InChI=1S/C25H25N7O2/c33-16-21-5-4-20(13-26-21)27-24-12-23(28-25(29-24)31-7-9-34-10-8-31)18-3-6-22-19(11-18)15-32(30-22)14-17-1-2-17/h3-6,11-13,15-17H,1-2,7-10,14H2,(H,27,28,29). The number of pyridine rings is 1. The van der Waals surface area contributed by atoms with Gasteiger partial charge >= 0.3 is 0 Å². The van der Waals surface area contributed by atoms with Crippen LogP contribution < -0.4 is 10.2 Å². The molecule has 34 heavy (non-hydrogen) atoms. The largest absolute Gasteiger partial charge is 0.378 e. The summed E-state index contributed by atoms with van der Waals surface area (Å²) in [4.78, 5) is 26.9. The third kappa shape index (κ3) is 4.47. The van der Waals surface area contributed by atoms with Gasteiger partial charge in [-0.15, -0.1) is 0 Å². The van der Waals surface area contributed by atoms with Gasteiger partial charge in [0.1, 0.15) is 11.5 Å². The lowest BCUT2D eigenvalue weighted by molar-refractivity contribution is 0.111. The van der Waals surface area contributed by atoms with E-state index in [1.54, 1.807) is 12.3 Å². The second-order valence-electron chi connectivity index (χ2n) is 8.82. The molecular formula is C25H25N7O2. The Bertz CT molecular complexity index is 1330. The number of fused-ring (bicyclic) bond motifs is 1. The highest BCUT2D eigenvalue weighted by molar-refractivity contribution is 5.84. The molecule has 0 radical (unpaired) electrons. The molecule has 1 aliphatic carbocycles. The average Bonchev–Trinajstić information content (AvgIpc) is 3.60. The van der Waals surface area contributed by atoms with Crippen molar-refractivity contribution in [1.29, 1.82) is 0 Å². The topological polar surface area (TPSA) is 98.1 Å². The van der Waals surface area contributed by atoms with E-state index in [0.29, 0.717) is 30.7 Å². The van der Waals surface area contributed by atoms with Crippen molar-refractivity contribution in [3.63, 3.8) is 0 Å². The van der Waals surface area contributed by atoms with Crippen LogP contribution in [0.3, 0.4) is 0 Å². The van der Waals surface area contributed by atoms with Crippen LogP contribution in [0, 0.1) is 5.92 Å². The highest BCUT2D eigenvalue weighted by Gasteiger charge is 2.22. The molecule has 0 unspecified atom stereocenters. The molecule has 2 fully saturated rings. The van der Waals surface area contributed by atoms with Gasteiger partial charge in [-0.05, 0) is 43.0 Å². The molecule has 1 saturated carbocycles. The van der Waals surface area contributed by atoms with E-state index in [4.69, 9.17) is 19.8 Å². The predicted molar refractivity (Wildman–Crippen MR) is 129 cm³/mol. The third-order valence-electron chi connectivity index (χ3n) is 6.18. The second-order valence-corrected chi connectivity index (χ2v) is 8.82. The van der Waals surface area contributed by atoms with Crippen molar-refractivity contribution >= 4 is 34.6 Å². The summed E-state index contributed by atoms with van der Waals surface area (Å²) in [5, 5.41) is 9.14. The summed E-state index contributed by atoms with van der Waals surface area (Å²) in [5.74, 6) is 2.09. The van der Waals surface area contributed by atoms with Crippen molar-refractivity contribution in [2.24, 2.45) is 5.92 Å². The predicted octanol–water partition coefficient (Wildman–Crippen LogP) is 3.69. The summed E-state index contributed by atoms with van der Waals surface area (Å²) in [7, 11) is 0. The van der Waals surface area contributed by atoms with Gasteiger partial charge in [-0.25, -0.2) is 4.98 Å². The van der Waals surface area contributed by atoms with E-state index >= 15 is 0 Å². The number of carbonyl (C=O) groups excluding carboxylic acids is 1. The minimum Gasteiger partial charge on any atom is -0.378 e. The highest BCUT2D eigenvalue weighted by Crippen LogP contribution is 2.32. The van der Waals surface area contributed by atoms with E-state index in [1.165, 1.54) is 12.8 Å². The first kappa shape index (κ1) is 20.7. The van der Waals surface area contributed by atoms with Gasteiger partial charge in [-0.1, -0.05) is 6.07 Å². The number of ether oxygens (including phenoxy) is 1. The molecule has 0 atom stereocenters. The highest BCUT2D eigenvalue weighted by atomic mass is 16.5. The van der Waals surface area contributed by atoms with E-state index in [2.05, 4.69) is 44.3 Å². The lowest BCUT2D eigenvalue weighted by atomic mass is 10.1. The molecule has 1 aromatic carbocycles. The van der Waals surface area contributed by atoms with Gasteiger partial charge in [0.2, 0.25) is 5.95 Å². The minimum atomic E-state index is 0.387. The van der Waals surface area contributed by atoms with Crippen LogP contribution in [-0.4, -0.2) is 57.3 Å². The summed E-state index contributed by atoms with van der Waals surface area (Å²) in [6.07, 6.45) is 7.08. The molecule has 9 nitrogen and oxygen atoms in total. The number of nitrogens with one attached hydrogen (secondary N) is 1. The van der Waals surface area contributed by atoms with Gasteiger partial charge in [0.25, 0.3) is 0 Å². The van der Waals surface area contributed by atoms with Crippen LogP contribution in [0.15, 0.2) is 48.8 Å². The Balaban J connectivity index is 1.35. The quantitative estimate of drug-likeness (QED) is 0.422. The molecule has 1 N–H and O–H groups in total. The fraction of sp³-hybridized carbons (Fsp3) is 0.320. The summed E-state index contributed by atoms with van der Waals surface area (Å²) < 4.78 is 7.57. The molecule has 3 aromatic heterocycles. The number of hydrogen-bond donors (Lipinski definition) is 1. The average molecular weight is 456 g/mol. The number of hydrogen-bond acceptors (Lipinski definition) is 8. The molecule has 172 valence electrons. The normalized spacial score (nSPS) is 16.1. The maximum atomic E-state index is 10.9. The van der Waals surface area contributed by atoms with Crippen LogP contribution in [0.1, 0.15) is 23.3 Å². The second kappa shape index (κ2) is 8.83. The van der Waals surface area contributed by atoms with Crippen molar-refractivity contribution in [3.8, 4) is 11.3 Å². The monoisotopic (exact) mass is 455 g/mol. The van der Waals surface area contributed by atoms with Gasteiger partial charge in [0.05, 0.1) is 36.3 Å². The molecule has 2 aliphatic rings. The molecule has 1 saturated heterocycles. The van der Waals surface area contributed by atoms with Gasteiger partial charge < -0.3 is 15.0 Å². The van der Waals surface area contributed by atoms with Crippen molar-refractivity contribution in [2.45, 2.75) is 19.4 Å². The summed E-state index contributed by atoms with van der Waals surface area (Å²) in [6.45, 7) is 3.78.